The SMILES string of the molecule is Cc1c2cc(CC(C)(C)C)ccc2c(C)c2c1c1c3c(ccc4c5cc(C(F)(F)F)ccc5n2c43)cc[n+]1C. The summed E-state index contributed by atoms with van der Waals surface area (Å²) >= 11 is 0. The topological polar surface area (TPSA) is 8.29 Å². The normalized spacial score (nSPS) is 13.4. The van der Waals surface area contributed by atoms with Crippen LogP contribution in [0.4, 0.5) is 13.2 Å². The average Bonchev–Trinajstić information content (AvgIpc) is 3.20. The third-order valence-electron chi connectivity index (χ3n) is 8.41. The Bertz CT molecular complexity index is 2140. The van der Waals surface area contributed by atoms with Gasteiger partial charge in [-0.05, 0) is 76.7 Å². The number of rotatable bonds is 1. The highest BCUT2D eigenvalue weighted by atomic mass is 19.4. The lowest BCUT2D eigenvalue weighted by atomic mass is 9.86. The molecule has 0 radical (unpaired) electrons. The molecule has 3 heterocycles. The Labute approximate surface area is 224 Å². The van der Waals surface area contributed by atoms with Crippen molar-refractivity contribution in [2.45, 2.75) is 47.2 Å². The van der Waals surface area contributed by atoms with E-state index in [2.05, 4.69) is 81.1 Å². The largest absolute Gasteiger partial charge is 0.416 e. The van der Waals surface area contributed by atoms with E-state index in [4.69, 9.17) is 0 Å². The molecule has 4 aromatic carbocycles. The van der Waals surface area contributed by atoms with Crippen LogP contribution in [0.25, 0.3) is 59.8 Å². The van der Waals surface area contributed by atoms with Gasteiger partial charge in [0.15, 0.2) is 6.20 Å². The Morgan fingerprint density at radius 1 is 0.744 bits per heavy atom. The van der Waals surface area contributed by atoms with Gasteiger partial charge in [0.25, 0.3) is 0 Å². The monoisotopic (exact) mass is 523 g/mol. The van der Waals surface area contributed by atoms with Crippen molar-refractivity contribution in [2.24, 2.45) is 12.5 Å². The maximum absolute atomic E-state index is 13.8. The number of aryl methyl sites for hydroxylation is 3. The summed E-state index contributed by atoms with van der Waals surface area (Å²) in [4.78, 5) is 0. The van der Waals surface area contributed by atoms with Crippen molar-refractivity contribution < 1.29 is 17.7 Å². The molecule has 0 saturated heterocycles. The fraction of sp³-hybridized carbons (Fsp3) is 0.265. The Morgan fingerprint density at radius 2 is 1.49 bits per heavy atom. The number of pyridine rings is 2. The van der Waals surface area contributed by atoms with Gasteiger partial charge in [0.05, 0.1) is 32.9 Å². The minimum absolute atomic E-state index is 0.173. The van der Waals surface area contributed by atoms with Gasteiger partial charge in [0.1, 0.15) is 7.05 Å². The third-order valence-corrected chi connectivity index (χ3v) is 8.41. The summed E-state index contributed by atoms with van der Waals surface area (Å²) < 4.78 is 45.7. The molecule has 39 heavy (non-hydrogen) atoms. The molecule has 0 fully saturated rings. The summed E-state index contributed by atoms with van der Waals surface area (Å²) in [5, 5.41) is 7.21. The average molecular weight is 524 g/mol. The number of nitrogens with zero attached hydrogens (tertiary/aromatic N) is 2. The summed E-state index contributed by atoms with van der Waals surface area (Å²) in [5.41, 5.74) is 7.15. The molecule has 0 aliphatic heterocycles. The molecule has 0 atom stereocenters. The lowest BCUT2D eigenvalue weighted by Crippen LogP contribution is -2.29. The maximum Gasteiger partial charge on any atom is 0.416 e. The number of alkyl halides is 3. The molecule has 3 aromatic heterocycles. The fourth-order valence-electron chi connectivity index (χ4n) is 6.81. The summed E-state index contributed by atoms with van der Waals surface area (Å²) in [6.07, 6.45) is -1.33. The van der Waals surface area contributed by atoms with E-state index in [0.29, 0.717) is 5.39 Å². The molecule has 0 saturated carbocycles. The molecule has 7 rings (SSSR count). The van der Waals surface area contributed by atoms with Gasteiger partial charge in [0.2, 0.25) is 5.52 Å². The summed E-state index contributed by atoms with van der Waals surface area (Å²) in [6.45, 7) is 11.1. The van der Waals surface area contributed by atoms with Crippen LogP contribution in [0.15, 0.2) is 60.8 Å². The van der Waals surface area contributed by atoms with Crippen molar-refractivity contribution in [3.05, 3.63) is 83.0 Å². The molecule has 0 N–H and O–H groups in total. The number of fused-ring (bicyclic) bond motifs is 7. The van der Waals surface area contributed by atoms with Crippen LogP contribution in [0, 0.1) is 19.3 Å². The first-order chi connectivity index (χ1) is 18.3. The van der Waals surface area contributed by atoms with Gasteiger partial charge in [-0.2, -0.15) is 13.2 Å². The summed E-state index contributed by atoms with van der Waals surface area (Å²) in [5.74, 6) is 0. The van der Waals surface area contributed by atoms with E-state index in [1.54, 1.807) is 6.07 Å². The van der Waals surface area contributed by atoms with Crippen LogP contribution in [0.3, 0.4) is 0 Å². The first kappa shape index (κ1) is 24.2. The molecule has 0 bridgehead atoms. The van der Waals surface area contributed by atoms with Crippen LogP contribution in [0.5, 0.6) is 0 Å². The molecule has 2 nitrogen and oxygen atoms in total. The van der Waals surface area contributed by atoms with Gasteiger partial charge in [-0.15, -0.1) is 0 Å². The predicted octanol–water partition coefficient (Wildman–Crippen LogP) is 9.19. The zero-order valence-electron chi connectivity index (χ0n) is 23.0. The van der Waals surface area contributed by atoms with Crippen molar-refractivity contribution in [1.82, 2.24) is 4.40 Å². The van der Waals surface area contributed by atoms with E-state index >= 15 is 0 Å². The van der Waals surface area contributed by atoms with Crippen molar-refractivity contribution >= 4 is 59.8 Å². The Morgan fingerprint density at radius 3 is 2.21 bits per heavy atom. The first-order valence-corrected chi connectivity index (χ1v) is 13.4. The molecule has 5 heteroatoms. The number of benzene rings is 4. The van der Waals surface area contributed by atoms with Gasteiger partial charge in [-0.25, -0.2) is 4.57 Å². The molecule has 196 valence electrons. The second-order valence-electron chi connectivity index (χ2n) is 12.4. The molecule has 0 spiro atoms. The second kappa shape index (κ2) is 7.62. The standard InChI is InChI=1S/C34H30F3N2/c1-18-25-15-20(17-33(3,4)5)7-10-23(25)19(2)30-28(18)32-29-21(13-14-38(32)6)8-11-24-26-16-22(34(35,36)37)9-12-27(26)39(30)31(24)29/h7-16H,17H2,1-6H3/q+1. The van der Waals surface area contributed by atoms with Crippen molar-refractivity contribution in [1.29, 1.82) is 0 Å². The van der Waals surface area contributed by atoms with Gasteiger partial charge in [0, 0.05) is 16.8 Å². The van der Waals surface area contributed by atoms with E-state index in [1.165, 1.54) is 34.0 Å². The minimum Gasteiger partial charge on any atom is -0.307 e. The van der Waals surface area contributed by atoms with Crippen LogP contribution in [-0.2, 0) is 19.6 Å². The smallest absolute Gasteiger partial charge is 0.307 e. The second-order valence-corrected chi connectivity index (χ2v) is 12.4. The van der Waals surface area contributed by atoms with Gasteiger partial charge < -0.3 is 4.40 Å². The number of hydrogen-bond donors (Lipinski definition) is 0. The first-order valence-electron chi connectivity index (χ1n) is 13.4. The highest BCUT2D eigenvalue weighted by Gasteiger charge is 2.32. The zero-order valence-corrected chi connectivity index (χ0v) is 23.0. The van der Waals surface area contributed by atoms with E-state index in [1.807, 2.05) is 12.1 Å². The van der Waals surface area contributed by atoms with Crippen LogP contribution in [0.1, 0.15) is 43.0 Å². The zero-order chi connectivity index (χ0) is 27.6. The van der Waals surface area contributed by atoms with Crippen molar-refractivity contribution in [3.63, 3.8) is 0 Å². The number of hydrogen-bond acceptors (Lipinski definition) is 0. The van der Waals surface area contributed by atoms with E-state index < -0.39 is 11.7 Å². The molecule has 7 aromatic rings. The lowest BCUT2D eigenvalue weighted by Gasteiger charge is -2.20. The number of aromatic nitrogens is 2. The Balaban J connectivity index is 1.77. The summed E-state index contributed by atoms with van der Waals surface area (Å²) in [6, 6.07) is 17.1. The van der Waals surface area contributed by atoms with E-state index in [0.717, 1.165) is 55.6 Å². The molecule has 0 amide bonds. The molecular weight excluding hydrogens is 493 g/mol. The predicted molar refractivity (Wildman–Crippen MR) is 155 cm³/mol. The molecular formula is C34H30F3N2+. The summed E-state index contributed by atoms with van der Waals surface area (Å²) in [7, 11) is 2.06. The fourth-order valence-corrected chi connectivity index (χ4v) is 6.81. The Hall–Kier alpha value is -3.86. The molecule has 0 aliphatic carbocycles. The van der Waals surface area contributed by atoms with Gasteiger partial charge in [-0.1, -0.05) is 51.1 Å². The maximum atomic E-state index is 13.8. The van der Waals surface area contributed by atoms with E-state index in [-0.39, 0.29) is 5.41 Å². The highest BCUT2D eigenvalue weighted by molar-refractivity contribution is 6.28. The van der Waals surface area contributed by atoms with Gasteiger partial charge in [-0.3, -0.25) is 0 Å². The third kappa shape index (κ3) is 3.32. The lowest BCUT2D eigenvalue weighted by molar-refractivity contribution is -0.643. The van der Waals surface area contributed by atoms with Crippen molar-refractivity contribution in [3.8, 4) is 0 Å². The minimum atomic E-state index is -4.40. The Kier molecular flexibility index (Phi) is 4.73. The quantitative estimate of drug-likeness (QED) is 0.115. The van der Waals surface area contributed by atoms with Crippen LogP contribution < -0.4 is 4.57 Å². The highest BCUT2D eigenvalue weighted by Crippen LogP contribution is 2.45. The van der Waals surface area contributed by atoms with Crippen molar-refractivity contribution in [2.75, 3.05) is 0 Å². The molecule has 0 unspecified atom stereocenters. The van der Waals surface area contributed by atoms with Crippen LogP contribution in [-0.4, -0.2) is 4.40 Å². The number of halogens is 3. The van der Waals surface area contributed by atoms with Gasteiger partial charge >= 0.3 is 6.18 Å². The van der Waals surface area contributed by atoms with E-state index in [9.17, 15) is 13.2 Å². The van der Waals surface area contributed by atoms with Crippen LogP contribution in [0.2, 0.25) is 0 Å². The van der Waals surface area contributed by atoms with Crippen LogP contribution >= 0.6 is 0 Å². The molecule has 0 aliphatic rings.